The normalized spacial score (nSPS) is 16.6. The van der Waals surface area contributed by atoms with Gasteiger partial charge in [0.2, 0.25) is 33.7 Å². The maximum absolute atomic E-state index is 13.2. The molecule has 0 aliphatic carbocycles. The van der Waals surface area contributed by atoms with E-state index in [9.17, 15) is 42.0 Å². The third-order valence-corrected chi connectivity index (χ3v) is 13.3. The van der Waals surface area contributed by atoms with E-state index in [4.69, 9.17) is 4.74 Å². The van der Waals surface area contributed by atoms with Gasteiger partial charge in [0, 0.05) is 68.7 Å². The van der Waals surface area contributed by atoms with Crippen LogP contribution in [0.1, 0.15) is 56.8 Å². The summed E-state index contributed by atoms with van der Waals surface area (Å²) in [6.07, 6.45) is 6.75. The van der Waals surface area contributed by atoms with Crippen molar-refractivity contribution in [3.63, 3.8) is 0 Å². The van der Waals surface area contributed by atoms with Gasteiger partial charge in [0.1, 0.15) is 24.2 Å². The van der Waals surface area contributed by atoms with Crippen LogP contribution in [0, 0.1) is 0 Å². The highest BCUT2D eigenvalue weighted by Gasteiger charge is 2.44. The first-order valence-electron chi connectivity index (χ1n) is 21.3. The van der Waals surface area contributed by atoms with E-state index in [1.165, 1.54) is 41.9 Å². The molecule has 5 aromatic rings. The molecule has 0 spiro atoms. The van der Waals surface area contributed by atoms with Gasteiger partial charge in [-0.2, -0.15) is 0 Å². The molecule has 3 aliphatic heterocycles. The molecule has 1 unspecified atom stereocenters. The number of aromatic nitrogens is 3. The van der Waals surface area contributed by atoms with Crippen LogP contribution in [0.4, 0.5) is 10.9 Å². The summed E-state index contributed by atoms with van der Waals surface area (Å²) in [4.78, 5) is 102. The van der Waals surface area contributed by atoms with Crippen LogP contribution in [0.5, 0.6) is 5.75 Å². The minimum Gasteiger partial charge on any atom is -0.492 e. The summed E-state index contributed by atoms with van der Waals surface area (Å²) in [6.45, 7) is 2.19. The SMILES string of the molecule is CN(CC(=O)NC1CCN(CCOc2ccc3c(c2)C(=O)N(C2CCC(=O)NC2=O)C3=O)CC1)c1cc(-c2cccc(-c3csc(NC(=O)CNC(=O)c4ccn(S(C)(=O)=O)c4)n3)c2)ccn1. The smallest absolute Gasteiger partial charge is 0.262 e. The van der Waals surface area contributed by atoms with Gasteiger partial charge in [-0.3, -0.25) is 52.7 Å². The fraction of sp³-hybridized carbons (Fsp3) is 0.311. The highest BCUT2D eigenvalue weighted by molar-refractivity contribution is 7.89. The Morgan fingerprint density at radius 1 is 0.925 bits per heavy atom. The molecule has 0 radical (unpaired) electrons. The number of amides is 7. The number of piperidine rings is 2. The Morgan fingerprint density at radius 3 is 2.45 bits per heavy atom. The number of fused-ring (bicyclic) bond motifs is 1. The molecule has 22 heteroatoms. The number of nitrogens with one attached hydrogen (secondary N) is 4. The second kappa shape index (κ2) is 19.7. The van der Waals surface area contributed by atoms with E-state index in [1.54, 1.807) is 29.6 Å². The summed E-state index contributed by atoms with van der Waals surface area (Å²) in [5.41, 5.74) is 3.64. The van der Waals surface area contributed by atoms with Gasteiger partial charge in [-0.25, -0.2) is 18.4 Å². The van der Waals surface area contributed by atoms with Crippen LogP contribution in [0.15, 0.2) is 84.6 Å². The number of pyridine rings is 1. The molecule has 1 atom stereocenters. The van der Waals surface area contributed by atoms with Crippen molar-refractivity contribution in [3.8, 4) is 28.1 Å². The summed E-state index contributed by atoms with van der Waals surface area (Å²) in [5.74, 6) is -2.45. The van der Waals surface area contributed by atoms with Crippen molar-refractivity contribution in [2.24, 2.45) is 0 Å². The Labute approximate surface area is 388 Å². The first-order valence-corrected chi connectivity index (χ1v) is 24.0. The van der Waals surface area contributed by atoms with Crippen molar-refractivity contribution in [3.05, 3.63) is 101 Å². The number of carbonyl (C=O) groups excluding carboxylic acids is 7. The average molecular weight is 951 g/mol. The van der Waals surface area contributed by atoms with Gasteiger partial charge in [0.15, 0.2) is 5.13 Å². The molecule has 2 fully saturated rings. The lowest BCUT2D eigenvalue weighted by Gasteiger charge is -2.32. The van der Waals surface area contributed by atoms with Crippen molar-refractivity contribution in [1.29, 1.82) is 0 Å². The van der Waals surface area contributed by atoms with Gasteiger partial charge in [-0.1, -0.05) is 18.2 Å². The minimum absolute atomic E-state index is 0.00226. The second-order valence-corrected chi connectivity index (χ2v) is 19.0. The molecule has 3 aliphatic rings. The van der Waals surface area contributed by atoms with E-state index >= 15 is 0 Å². The number of anilines is 2. The van der Waals surface area contributed by atoms with Crippen molar-refractivity contribution in [2.45, 2.75) is 37.8 Å². The van der Waals surface area contributed by atoms with Crippen LogP contribution < -0.4 is 30.9 Å². The summed E-state index contributed by atoms with van der Waals surface area (Å²) in [7, 11) is -1.74. The average Bonchev–Trinajstić information content (AvgIpc) is 4.06. The maximum Gasteiger partial charge on any atom is 0.262 e. The molecule has 20 nitrogen and oxygen atoms in total. The molecule has 0 bridgehead atoms. The number of rotatable bonds is 16. The second-order valence-electron chi connectivity index (χ2n) is 16.3. The summed E-state index contributed by atoms with van der Waals surface area (Å²) < 4.78 is 30.2. The van der Waals surface area contributed by atoms with Crippen molar-refractivity contribution >= 4 is 73.7 Å². The van der Waals surface area contributed by atoms with Crippen molar-refractivity contribution in [1.82, 2.24) is 39.7 Å². The van der Waals surface area contributed by atoms with E-state index in [0.29, 0.717) is 35.5 Å². The van der Waals surface area contributed by atoms with E-state index in [0.717, 1.165) is 57.7 Å². The fourth-order valence-electron chi connectivity index (χ4n) is 7.98. The standard InChI is InChI=1S/C45H46N10O10S2/c1-52(25-40(58)48-31-12-15-53(16-13-31)18-19-65-32-6-7-33-34(22-32)44(62)55(43(33)61)36-8-9-38(56)50-42(36)60)37-21-28(10-14-46-37)27-4-3-5-29(20-27)35-26-66-45(49-35)51-39(57)23-47-41(59)30-11-17-54(24-30)67(2,63)64/h3-7,10-11,14,17,20-22,24,26,31,36H,8-9,12-13,15-16,18-19,23,25H2,1-2H3,(H,47,59)(H,48,58)(H,49,51,57)(H,50,56,60). The molecule has 6 heterocycles. The number of ether oxygens (including phenoxy) is 1. The number of likely N-dealkylation sites (tertiary alicyclic amines) is 1. The van der Waals surface area contributed by atoms with Gasteiger partial charge in [-0.15, -0.1) is 11.3 Å². The zero-order valence-corrected chi connectivity index (χ0v) is 38.0. The van der Waals surface area contributed by atoms with Crippen LogP contribution >= 0.6 is 11.3 Å². The third kappa shape index (κ3) is 10.9. The molecule has 4 N–H and O–H groups in total. The predicted octanol–water partition coefficient (Wildman–Crippen LogP) is 2.35. The van der Waals surface area contributed by atoms with Crippen LogP contribution in [-0.2, 0) is 29.2 Å². The molecule has 7 amide bonds. The molecule has 2 saturated heterocycles. The summed E-state index contributed by atoms with van der Waals surface area (Å²) in [5, 5.41) is 12.6. The maximum atomic E-state index is 13.2. The zero-order valence-electron chi connectivity index (χ0n) is 36.4. The first kappa shape index (κ1) is 46.2. The van der Waals surface area contributed by atoms with Crippen LogP contribution in [0.3, 0.4) is 0 Å². The zero-order chi connectivity index (χ0) is 47.4. The van der Waals surface area contributed by atoms with E-state index < -0.39 is 51.5 Å². The summed E-state index contributed by atoms with van der Waals surface area (Å²) >= 11 is 1.22. The number of benzene rings is 2. The number of carbonyl (C=O) groups is 7. The van der Waals surface area contributed by atoms with E-state index in [2.05, 4.69) is 36.1 Å². The lowest BCUT2D eigenvalue weighted by molar-refractivity contribution is -0.136. The van der Waals surface area contributed by atoms with Gasteiger partial charge >= 0.3 is 0 Å². The third-order valence-electron chi connectivity index (χ3n) is 11.5. The van der Waals surface area contributed by atoms with Crippen LogP contribution in [0.2, 0.25) is 0 Å². The number of hydrogen-bond donors (Lipinski definition) is 4. The van der Waals surface area contributed by atoms with E-state index in [1.807, 2.05) is 36.4 Å². The first-order chi connectivity index (χ1) is 32.1. The lowest BCUT2D eigenvalue weighted by atomic mass is 10.0. The molecular formula is C45H46N10O10S2. The molecule has 67 heavy (non-hydrogen) atoms. The Kier molecular flexibility index (Phi) is 13.6. The Hall–Kier alpha value is -7.30. The van der Waals surface area contributed by atoms with Gasteiger partial charge in [0.25, 0.3) is 17.7 Å². The Bertz CT molecular complexity index is 2890. The van der Waals surface area contributed by atoms with E-state index in [-0.39, 0.29) is 54.6 Å². The Balaban J connectivity index is 0.765. The Morgan fingerprint density at radius 2 is 1.69 bits per heavy atom. The highest BCUT2D eigenvalue weighted by Crippen LogP contribution is 2.32. The number of imide groups is 2. The lowest BCUT2D eigenvalue weighted by Crippen LogP contribution is -2.54. The largest absolute Gasteiger partial charge is 0.492 e. The van der Waals surface area contributed by atoms with Crippen LogP contribution in [0.25, 0.3) is 22.4 Å². The topological polar surface area (TPSA) is 251 Å². The molecular weight excluding hydrogens is 905 g/mol. The number of hydrogen-bond acceptors (Lipinski definition) is 15. The molecule has 8 rings (SSSR count). The van der Waals surface area contributed by atoms with Crippen molar-refractivity contribution in [2.75, 3.05) is 62.9 Å². The highest BCUT2D eigenvalue weighted by atomic mass is 32.2. The minimum atomic E-state index is -3.54. The van der Waals surface area contributed by atoms with Crippen molar-refractivity contribution < 1.29 is 46.7 Å². The molecule has 2 aromatic carbocycles. The monoisotopic (exact) mass is 950 g/mol. The van der Waals surface area contributed by atoms with Gasteiger partial charge in [0.05, 0.1) is 41.7 Å². The summed E-state index contributed by atoms with van der Waals surface area (Å²) in [6, 6.07) is 16.5. The number of thiazole rings is 1. The molecule has 3 aromatic heterocycles. The molecule has 348 valence electrons. The van der Waals surface area contributed by atoms with Gasteiger partial charge in [-0.05, 0) is 72.9 Å². The predicted molar refractivity (Wildman–Crippen MR) is 246 cm³/mol. The quantitative estimate of drug-likeness (QED) is 0.104. The molecule has 0 saturated carbocycles. The van der Waals surface area contributed by atoms with Crippen LogP contribution in [-0.4, -0.2) is 138 Å². The number of likely N-dealkylation sites (N-methyl/N-ethyl adjacent to an activating group) is 1. The number of nitrogens with zero attached hydrogens (tertiary/aromatic N) is 6. The van der Waals surface area contributed by atoms with Gasteiger partial charge < -0.3 is 25.6 Å². The fourth-order valence-corrected chi connectivity index (χ4v) is 9.30.